The van der Waals surface area contributed by atoms with Crippen molar-refractivity contribution in [1.29, 1.82) is 0 Å². The third kappa shape index (κ3) is 4.10. The van der Waals surface area contributed by atoms with Gasteiger partial charge in [0.15, 0.2) is 0 Å². The molecule has 1 aromatic carbocycles. The van der Waals surface area contributed by atoms with E-state index in [0.717, 1.165) is 5.56 Å². The lowest BCUT2D eigenvalue weighted by molar-refractivity contribution is -0.138. The fourth-order valence-electron chi connectivity index (χ4n) is 1.37. The van der Waals surface area contributed by atoms with E-state index < -0.39 is 12.1 Å². The van der Waals surface area contributed by atoms with Crippen molar-refractivity contribution in [2.24, 2.45) is 0 Å². The highest BCUT2D eigenvalue weighted by Crippen LogP contribution is 2.12. The van der Waals surface area contributed by atoms with Crippen LogP contribution in [0.1, 0.15) is 11.7 Å². The third-order valence-electron chi connectivity index (χ3n) is 2.07. The number of carboxylic acid groups (broad SMARTS) is 1. The average molecular weight is 209 g/mol. The molecule has 0 radical (unpaired) electrons. The number of hydrogen-bond acceptors (Lipinski definition) is 3. The number of nitrogens with zero attached hydrogens (tertiary/aromatic N) is 1. The van der Waals surface area contributed by atoms with Gasteiger partial charge in [-0.05, 0) is 12.6 Å². The van der Waals surface area contributed by atoms with Crippen LogP contribution in [-0.4, -0.2) is 41.2 Å². The minimum absolute atomic E-state index is 0.0656. The molecule has 0 bridgehead atoms. The van der Waals surface area contributed by atoms with Crippen molar-refractivity contribution in [3.05, 3.63) is 35.9 Å². The van der Waals surface area contributed by atoms with Crippen LogP contribution in [0, 0.1) is 0 Å². The highest BCUT2D eigenvalue weighted by Gasteiger charge is 2.11. The van der Waals surface area contributed by atoms with E-state index in [1.807, 2.05) is 30.3 Å². The first-order valence-corrected chi connectivity index (χ1v) is 4.73. The Morgan fingerprint density at radius 2 is 2.00 bits per heavy atom. The van der Waals surface area contributed by atoms with Crippen molar-refractivity contribution in [3.8, 4) is 0 Å². The highest BCUT2D eigenvalue weighted by molar-refractivity contribution is 5.69. The minimum atomic E-state index is -0.891. The van der Waals surface area contributed by atoms with Crippen molar-refractivity contribution < 1.29 is 15.0 Å². The predicted molar refractivity (Wildman–Crippen MR) is 56.5 cm³/mol. The van der Waals surface area contributed by atoms with Crippen LogP contribution in [0.4, 0.5) is 0 Å². The largest absolute Gasteiger partial charge is 0.480 e. The third-order valence-corrected chi connectivity index (χ3v) is 2.07. The fourth-order valence-corrected chi connectivity index (χ4v) is 1.37. The minimum Gasteiger partial charge on any atom is -0.480 e. The molecule has 82 valence electrons. The summed E-state index contributed by atoms with van der Waals surface area (Å²) in [7, 11) is 1.67. The molecular formula is C11H15NO3. The Morgan fingerprint density at radius 1 is 1.40 bits per heavy atom. The Balaban J connectivity index is 2.49. The van der Waals surface area contributed by atoms with Gasteiger partial charge in [0.25, 0.3) is 0 Å². The zero-order valence-corrected chi connectivity index (χ0v) is 8.63. The average Bonchev–Trinajstić information content (AvgIpc) is 2.17. The van der Waals surface area contributed by atoms with E-state index in [-0.39, 0.29) is 6.54 Å². The number of likely N-dealkylation sites (N-methyl/N-ethyl adjacent to an activating group) is 1. The molecule has 2 N–H and O–H groups in total. The zero-order chi connectivity index (χ0) is 11.3. The van der Waals surface area contributed by atoms with Crippen LogP contribution in [-0.2, 0) is 4.79 Å². The van der Waals surface area contributed by atoms with Crippen LogP contribution in [0.5, 0.6) is 0 Å². The van der Waals surface area contributed by atoms with E-state index in [0.29, 0.717) is 6.54 Å². The Bertz CT molecular complexity index is 313. The second-order valence-corrected chi connectivity index (χ2v) is 3.52. The van der Waals surface area contributed by atoms with Crippen molar-refractivity contribution in [2.75, 3.05) is 20.1 Å². The molecule has 1 aromatic rings. The molecule has 0 aliphatic rings. The smallest absolute Gasteiger partial charge is 0.317 e. The quantitative estimate of drug-likeness (QED) is 0.750. The molecule has 1 unspecified atom stereocenters. The summed E-state index contributed by atoms with van der Waals surface area (Å²) in [5, 5.41) is 18.3. The SMILES string of the molecule is CN(CC(=O)O)CC(O)c1ccccc1. The molecule has 4 nitrogen and oxygen atoms in total. The molecule has 0 spiro atoms. The van der Waals surface area contributed by atoms with Crippen LogP contribution >= 0.6 is 0 Å². The Hall–Kier alpha value is -1.39. The molecule has 0 aromatic heterocycles. The number of carboxylic acids is 1. The van der Waals surface area contributed by atoms with Gasteiger partial charge in [-0.1, -0.05) is 30.3 Å². The summed E-state index contributed by atoms with van der Waals surface area (Å²) in [6.07, 6.45) is -0.643. The van der Waals surface area contributed by atoms with Crippen molar-refractivity contribution in [1.82, 2.24) is 4.90 Å². The number of carbonyl (C=O) groups is 1. The van der Waals surface area contributed by atoms with Crippen LogP contribution in [0.25, 0.3) is 0 Å². The first kappa shape index (κ1) is 11.7. The molecule has 0 saturated carbocycles. The van der Waals surface area contributed by atoms with Gasteiger partial charge >= 0.3 is 5.97 Å². The number of benzene rings is 1. The van der Waals surface area contributed by atoms with Gasteiger partial charge in [0.05, 0.1) is 12.6 Å². The second kappa shape index (κ2) is 5.48. The molecule has 1 rings (SSSR count). The molecule has 0 heterocycles. The van der Waals surface area contributed by atoms with Crippen LogP contribution in [0.3, 0.4) is 0 Å². The van der Waals surface area contributed by atoms with E-state index in [1.165, 1.54) is 0 Å². The zero-order valence-electron chi connectivity index (χ0n) is 8.63. The van der Waals surface area contributed by atoms with Gasteiger partial charge in [-0.3, -0.25) is 9.69 Å². The predicted octanol–water partition coefficient (Wildman–Crippen LogP) is 0.736. The molecule has 0 saturated heterocycles. The normalized spacial score (nSPS) is 12.7. The molecule has 0 aliphatic heterocycles. The summed E-state index contributed by atoms with van der Waals surface area (Å²) in [4.78, 5) is 12.0. The number of rotatable bonds is 5. The monoisotopic (exact) mass is 209 g/mol. The first-order chi connectivity index (χ1) is 7.09. The maximum Gasteiger partial charge on any atom is 0.317 e. The lowest BCUT2D eigenvalue weighted by atomic mass is 10.1. The summed E-state index contributed by atoms with van der Waals surface area (Å²) in [6, 6.07) is 9.20. The highest BCUT2D eigenvalue weighted by atomic mass is 16.4. The van der Waals surface area contributed by atoms with E-state index in [9.17, 15) is 9.90 Å². The maximum absolute atomic E-state index is 10.4. The number of aliphatic carboxylic acids is 1. The molecular weight excluding hydrogens is 194 g/mol. The van der Waals surface area contributed by atoms with Gasteiger partial charge in [0.2, 0.25) is 0 Å². The summed E-state index contributed by atoms with van der Waals surface area (Å²) in [6.45, 7) is 0.250. The molecule has 4 heteroatoms. The topological polar surface area (TPSA) is 60.8 Å². The number of aliphatic hydroxyl groups excluding tert-OH is 1. The van der Waals surface area contributed by atoms with Gasteiger partial charge in [0, 0.05) is 6.54 Å². The molecule has 15 heavy (non-hydrogen) atoms. The molecule has 0 amide bonds. The van der Waals surface area contributed by atoms with E-state index >= 15 is 0 Å². The van der Waals surface area contributed by atoms with Gasteiger partial charge in [-0.2, -0.15) is 0 Å². The van der Waals surface area contributed by atoms with Gasteiger partial charge in [-0.25, -0.2) is 0 Å². The van der Waals surface area contributed by atoms with Crippen molar-refractivity contribution in [2.45, 2.75) is 6.10 Å². The molecule has 0 aliphatic carbocycles. The van der Waals surface area contributed by atoms with Crippen LogP contribution < -0.4 is 0 Å². The van der Waals surface area contributed by atoms with E-state index in [4.69, 9.17) is 5.11 Å². The maximum atomic E-state index is 10.4. The van der Waals surface area contributed by atoms with Gasteiger partial charge < -0.3 is 10.2 Å². The van der Waals surface area contributed by atoms with Crippen molar-refractivity contribution >= 4 is 5.97 Å². The van der Waals surface area contributed by atoms with Crippen LogP contribution in [0.2, 0.25) is 0 Å². The fraction of sp³-hybridized carbons (Fsp3) is 0.364. The van der Waals surface area contributed by atoms with E-state index in [2.05, 4.69) is 0 Å². The van der Waals surface area contributed by atoms with Crippen molar-refractivity contribution in [3.63, 3.8) is 0 Å². The van der Waals surface area contributed by atoms with Gasteiger partial charge in [0.1, 0.15) is 0 Å². The standard InChI is InChI=1S/C11H15NO3/c1-12(8-11(14)15)7-10(13)9-5-3-2-4-6-9/h2-6,10,13H,7-8H2,1H3,(H,14,15). The molecule has 1 atom stereocenters. The Morgan fingerprint density at radius 3 is 2.53 bits per heavy atom. The van der Waals surface area contributed by atoms with Crippen LogP contribution in [0.15, 0.2) is 30.3 Å². The second-order valence-electron chi connectivity index (χ2n) is 3.52. The summed E-state index contributed by atoms with van der Waals surface area (Å²) < 4.78 is 0. The summed E-state index contributed by atoms with van der Waals surface area (Å²) >= 11 is 0. The summed E-state index contributed by atoms with van der Waals surface area (Å²) in [5.74, 6) is -0.891. The number of aliphatic hydroxyl groups is 1. The number of hydrogen-bond donors (Lipinski definition) is 2. The van der Waals surface area contributed by atoms with E-state index in [1.54, 1.807) is 11.9 Å². The lowest BCUT2D eigenvalue weighted by Gasteiger charge is -2.18. The molecule has 0 fully saturated rings. The Kier molecular flexibility index (Phi) is 4.27. The summed E-state index contributed by atoms with van der Waals surface area (Å²) in [5.41, 5.74) is 0.801. The first-order valence-electron chi connectivity index (χ1n) is 4.73. The van der Waals surface area contributed by atoms with Gasteiger partial charge in [-0.15, -0.1) is 0 Å². The Labute approximate surface area is 88.8 Å². The lowest BCUT2D eigenvalue weighted by Crippen LogP contribution is -2.29.